The number of sulfonamides is 1. The Morgan fingerprint density at radius 1 is 0.970 bits per heavy atom. The van der Waals surface area contributed by atoms with Gasteiger partial charge >= 0.3 is 5.97 Å². The fourth-order valence-electron chi connectivity index (χ4n) is 3.92. The Morgan fingerprint density at radius 2 is 1.61 bits per heavy atom. The number of hydrogen-bond donors (Lipinski definition) is 0. The molecule has 0 bridgehead atoms. The van der Waals surface area contributed by atoms with Crippen LogP contribution in [0.15, 0.2) is 83.8 Å². The number of nitrogens with zero attached hydrogens (tertiary/aromatic N) is 2. The number of hydrogen-bond acceptors (Lipinski definition) is 5. The third-order valence-corrected chi connectivity index (χ3v) is 7.47. The van der Waals surface area contributed by atoms with Gasteiger partial charge in [0.15, 0.2) is 6.61 Å². The maximum Gasteiger partial charge on any atom is 0.338 e. The number of benzene rings is 3. The van der Waals surface area contributed by atoms with Crippen molar-refractivity contribution in [3.63, 3.8) is 0 Å². The summed E-state index contributed by atoms with van der Waals surface area (Å²) in [6, 6.07) is 21.8. The van der Waals surface area contributed by atoms with Crippen LogP contribution in [0.25, 0.3) is 0 Å². The molecule has 1 atom stereocenters. The molecule has 4 rings (SSSR count). The van der Waals surface area contributed by atoms with Gasteiger partial charge in [-0.25, -0.2) is 13.2 Å². The molecule has 0 aromatic heterocycles. The highest BCUT2D eigenvalue weighted by Gasteiger charge is 2.31. The van der Waals surface area contributed by atoms with E-state index in [2.05, 4.69) is 0 Å². The summed E-state index contributed by atoms with van der Waals surface area (Å²) in [6.07, 6.45) is 0.753. The van der Waals surface area contributed by atoms with Crippen molar-refractivity contribution < 1.29 is 22.7 Å². The van der Waals surface area contributed by atoms with Crippen molar-refractivity contribution in [2.45, 2.75) is 24.3 Å². The molecule has 1 aliphatic heterocycles. The number of para-hydroxylation sites is 2. The van der Waals surface area contributed by atoms with Gasteiger partial charge in [-0.2, -0.15) is 0 Å². The fourth-order valence-corrected chi connectivity index (χ4v) is 5.12. The van der Waals surface area contributed by atoms with Crippen LogP contribution in [0.5, 0.6) is 0 Å². The summed E-state index contributed by atoms with van der Waals surface area (Å²) in [7, 11) is -2.32. The second kappa shape index (κ2) is 9.07. The fraction of sp³-hybridized carbons (Fsp3) is 0.200. The molecule has 0 aliphatic carbocycles. The van der Waals surface area contributed by atoms with Crippen LogP contribution in [-0.2, 0) is 26.0 Å². The van der Waals surface area contributed by atoms with Gasteiger partial charge < -0.3 is 9.64 Å². The van der Waals surface area contributed by atoms with Gasteiger partial charge in [0.1, 0.15) is 0 Å². The molecule has 0 N–H and O–H groups in total. The average Bonchev–Trinajstić information content (AvgIpc) is 3.18. The normalized spacial score (nSPS) is 15.1. The van der Waals surface area contributed by atoms with Gasteiger partial charge in [-0.1, -0.05) is 36.4 Å². The first-order valence-corrected chi connectivity index (χ1v) is 11.9. The number of amides is 1. The molecular weight excluding hydrogens is 440 g/mol. The summed E-state index contributed by atoms with van der Waals surface area (Å²) in [5, 5.41) is 0. The van der Waals surface area contributed by atoms with Crippen LogP contribution in [0.1, 0.15) is 22.8 Å². The minimum absolute atomic E-state index is 0.0142. The van der Waals surface area contributed by atoms with Crippen LogP contribution in [0.3, 0.4) is 0 Å². The van der Waals surface area contributed by atoms with E-state index in [0.717, 1.165) is 17.7 Å². The van der Waals surface area contributed by atoms with E-state index in [1.54, 1.807) is 35.2 Å². The Kier molecular flexibility index (Phi) is 6.20. The molecule has 0 fully saturated rings. The molecule has 3 aromatic carbocycles. The minimum atomic E-state index is -3.79. The van der Waals surface area contributed by atoms with Crippen molar-refractivity contribution in [3.05, 3.63) is 90.0 Å². The standard InChI is InChI=1S/C25H24N2O5S/c1-18-16-20-8-6-7-11-23(20)27(18)24(28)17-32-25(29)19-12-14-22(15-13-19)33(30,31)26(2)21-9-4-3-5-10-21/h3-15,18H,16-17H2,1-2H3. The summed E-state index contributed by atoms with van der Waals surface area (Å²) in [5.41, 5.74) is 2.61. The van der Waals surface area contributed by atoms with Crippen molar-refractivity contribution in [2.24, 2.45) is 0 Å². The molecule has 3 aromatic rings. The Morgan fingerprint density at radius 3 is 2.30 bits per heavy atom. The van der Waals surface area contributed by atoms with Gasteiger partial charge in [0.25, 0.3) is 15.9 Å². The van der Waals surface area contributed by atoms with E-state index in [1.165, 1.54) is 35.6 Å². The number of ether oxygens (including phenoxy) is 1. The molecule has 170 valence electrons. The minimum Gasteiger partial charge on any atom is -0.452 e. The quantitative estimate of drug-likeness (QED) is 0.520. The Balaban J connectivity index is 1.41. The Hall–Kier alpha value is -3.65. The van der Waals surface area contributed by atoms with Crippen LogP contribution in [0.4, 0.5) is 11.4 Å². The molecule has 33 heavy (non-hydrogen) atoms. The Bertz CT molecular complexity index is 1270. The number of fused-ring (bicyclic) bond motifs is 1. The van der Waals surface area contributed by atoms with Gasteiger partial charge in [-0.3, -0.25) is 9.10 Å². The summed E-state index contributed by atoms with van der Waals surface area (Å²) < 4.78 is 32.1. The highest BCUT2D eigenvalue weighted by molar-refractivity contribution is 7.92. The van der Waals surface area contributed by atoms with E-state index < -0.39 is 22.6 Å². The van der Waals surface area contributed by atoms with E-state index >= 15 is 0 Å². The summed E-state index contributed by atoms with van der Waals surface area (Å²) >= 11 is 0. The molecular formula is C25H24N2O5S. The molecule has 0 saturated carbocycles. The lowest BCUT2D eigenvalue weighted by Crippen LogP contribution is -2.38. The maximum atomic E-state index is 12.9. The van der Waals surface area contributed by atoms with Crippen LogP contribution in [0, 0.1) is 0 Å². The lowest BCUT2D eigenvalue weighted by atomic mass is 10.1. The van der Waals surface area contributed by atoms with Crippen molar-refractivity contribution >= 4 is 33.3 Å². The molecule has 1 amide bonds. The number of anilines is 2. The Labute approximate surface area is 193 Å². The van der Waals surface area contributed by atoms with Gasteiger partial charge in [-0.15, -0.1) is 0 Å². The monoisotopic (exact) mass is 464 g/mol. The first-order valence-electron chi connectivity index (χ1n) is 10.5. The zero-order valence-electron chi connectivity index (χ0n) is 18.3. The zero-order valence-corrected chi connectivity index (χ0v) is 19.2. The van der Waals surface area contributed by atoms with E-state index in [9.17, 15) is 18.0 Å². The first-order chi connectivity index (χ1) is 15.8. The van der Waals surface area contributed by atoms with Gasteiger partial charge in [0.05, 0.1) is 16.1 Å². The van der Waals surface area contributed by atoms with Gasteiger partial charge in [0, 0.05) is 18.8 Å². The number of carbonyl (C=O) groups is 2. The molecule has 7 nitrogen and oxygen atoms in total. The van der Waals surface area contributed by atoms with Crippen molar-refractivity contribution in [2.75, 3.05) is 22.9 Å². The largest absolute Gasteiger partial charge is 0.452 e. The molecule has 0 saturated heterocycles. The maximum absolute atomic E-state index is 12.9. The second-order valence-corrected chi connectivity index (χ2v) is 9.82. The zero-order chi connectivity index (χ0) is 23.6. The first kappa shape index (κ1) is 22.5. The predicted octanol–water partition coefficient (Wildman–Crippen LogP) is 3.65. The number of rotatable bonds is 6. The topological polar surface area (TPSA) is 84.0 Å². The van der Waals surface area contributed by atoms with Crippen LogP contribution < -0.4 is 9.21 Å². The highest BCUT2D eigenvalue weighted by atomic mass is 32.2. The lowest BCUT2D eigenvalue weighted by molar-refractivity contribution is -0.122. The summed E-state index contributed by atoms with van der Waals surface area (Å²) in [6.45, 7) is 1.56. The number of carbonyl (C=O) groups excluding carboxylic acids is 2. The van der Waals surface area contributed by atoms with Crippen LogP contribution >= 0.6 is 0 Å². The molecule has 0 radical (unpaired) electrons. The SMILES string of the molecule is CC1Cc2ccccc2N1C(=O)COC(=O)c1ccc(S(=O)(=O)N(C)c2ccccc2)cc1. The summed E-state index contributed by atoms with van der Waals surface area (Å²) in [4.78, 5) is 26.9. The van der Waals surface area contributed by atoms with Gasteiger partial charge in [-0.05, 0) is 61.4 Å². The predicted molar refractivity (Wildman–Crippen MR) is 126 cm³/mol. The van der Waals surface area contributed by atoms with Crippen molar-refractivity contribution in [1.29, 1.82) is 0 Å². The second-order valence-electron chi connectivity index (χ2n) is 7.85. The third kappa shape index (κ3) is 4.47. The van der Waals surface area contributed by atoms with Crippen molar-refractivity contribution in [1.82, 2.24) is 0 Å². The van der Waals surface area contributed by atoms with E-state index in [0.29, 0.717) is 5.69 Å². The van der Waals surface area contributed by atoms with E-state index in [1.807, 2.05) is 31.2 Å². The third-order valence-electron chi connectivity index (χ3n) is 5.67. The van der Waals surface area contributed by atoms with Crippen molar-refractivity contribution in [3.8, 4) is 0 Å². The average molecular weight is 465 g/mol. The lowest BCUT2D eigenvalue weighted by Gasteiger charge is -2.22. The van der Waals surface area contributed by atoms with E-state index in [-0.39, 0.29) is 22.4 Å². The van der Waals surface area contributed by atoms with Crippen LogP contribution in [-0.4, -0.2) is 40.0 Å². The number of esters is 1. The van der Waals surface area contributed by atoms with Gasteiger partial charge in [0.2, 0.25) is 0 Å². The molecule has 1 heterocycles. The smallest absolute Gasteiger partial charge is 0.338 e. The molecule has 0 spiro atoms. The van der Waals surface area contributed by atoms with Crippen LogP contribution in [0.2, 0.25) is 0 Å². The molecule has 8 heteroatoms. The molecule has 1 aliphatic rings. The summed E-state index contributed by atoms with van der Waals surface area (Å²) in [5.74, 6) is -0.992. The van der Waals surface area contributed by atoms with E-state index in [4.69, 9.17) is 4.74 Å². The molecule has 1 unspecified atom stereocenters. The highest BCUT2D eigenvalue weighted by Crippen LogP contribution is 2.31.